The molecule has 0 unspecified atom stereocenters. The fourth-order valence-electron chi connectivity index (χ4n) is 3.18. The summed E-state index contributed by atoms with van der Waals surface area (Å²) in [5, 5.41) is 18.3. The molecule has 0 bridgehead atoms. The number of aromatic nitrogens is 2. The number of nitrogens with zero attached hydrogens (tertiary/aromatic N) is 2. The Kier molecular flexibility index (Phi) is 3.90. The molecule has 1 fully saturated rings. The van der Waals surface area contributed by atoms with E-state index in [9.17, 15) is 0 Å². The first-order valence-electron chi connectivity index (χ1n) is 8.20. The molecule has 0 radical (unpaired) electrons. The molecule has 1 saturated heterocycles. The lowest BCUT2D eigenvalue weighted by atomic mass is 10.0. The molecule has 1 aromatic heterocycles. The number of nitrogens with one attached hydrogen (secondary N) is 2. The van der Waals surface area contributed by atoms with Crippen molar-refractivity contribution in [2.24, 2.45) is 0 Å². The van der Waals surface area contributed by atoms with Gasteiger partial charge in [0, 0.05) is 22.4 Å². The predicted octanol–water partition coefficient (Wildman–Crippen LogP) is 3.46. The van der Waals surface area contributed by atoms with Crippen LogP contribution in [0.3, 0.4) is 0 Å². The summed E-state index contributed by atoms with van der Waals surface area (Å²) in [6, 6.07) is 19.1. The van der Waals surface area contributed by atoms with Crippen LogP contribution in [-0.4, -0.2) is 29.3 Å². The average Bonchev–Trinajstić information content (AvgIpc) is 2.64. The predicted molar refractivity (Wildman–Crippen MR) is 94.5 cm³/mol. The van der Waals surface area contributed by atoms with Crippen molar-refractivity contribution < 1.29 is 0 Å². The van der Waals surface area contributed by atoms with E-state index < -0.39 is 0 Å². The van der Waals surface area contributed by atoms with Gasteiger partial charge < -0.3 is 10.6 Å². The molecule has 3 aromatic rings. The molecular formula is C19H20N4. The lowest BCUT2D eigenvalue weighted by Gasteiger charge is -2.24. The standard InChI is InChI=1S/C19H20N4/c1-2-6-14(7-3-1)18-16-8-4-5-9-17(16)19(23-22-18)21-15-10-12-20-13-11-15/h1-9,15,20H,10-13H2,(H,21,23). The van der Waals surface area contributed by atoms with Gasteiger partial charge in [0.2, 0.25) is 0 Å². The van der Waals surface area contributed by atoms with Gasteiger partial charge >= 0.3 is 0 Å². The molecule has 1 aliphatic heterocycles. The van der Waals surface area contributed by atoms with Gasteiger partial charge in [-0.05, 0) is 25.9 Å². The second-order valence-electron chi connectivity index (χ2n) is 5.98. The zero-order chi connectivity index (χ0) is 15.5. The zero-order valence-electron chi connectivity index (χ0n) is 13.0. The Balaban J connectivity index is 1.76. The maximum absolute atomic E-state index is 4.51. The van der Waals surface area contributed by atoms with Crippen LogP contribution in [0.5, 0.6) is 0 Å². The average molecular weight is 304 g/mol. The van der Waals surface area contributed by atoms with E-state index in [0.29, 0.717) is 6.04 Å². The highest BCUT2D eigenvalue weighted by Crippen LogP contribution is 2.30. The van der Waals surface area contributed by atoms with Crippen molar-refractivity contribution in [3.63, 3.8) is 0 Å². The van der Waals surface area contributed by atoms with Gasteiger partial charge in [-0.15, -0.1) is 10.2 Å². The Morgan fingerprint density at radius 1 is 0.826 bits per heavy atom. The highest BCUT2D eigenvalue weighted by atomic mass is 15.2. The van der Waals surface area contributed by atoms with E-state index in [0.717, 1.165) is 53.8 Å². The van der Waals surface area contributed by atoms with Gasteiger partial charge in [0.25, 0.3) is 0 Å². The smallest absolute Gasteiger partial charge is 0.156 e. The van der Waals surface area contributed by atoms with Gasteiger partial charge in [0.1, 0.15) is 5.69 Å². The number of fused-ring (bicyclic) bond motifs is 1. The van der Waals surface area contributed by atoms with Crippen LogP contribution in [0.15, 0.2) is 54.6 Å². The van der Waals surface area contributed by atoms with E-state index in [1.807, 2.05) is 18.2 Å². The summed E-state index contributed by atoms with van der Waals surface area (Å²) in [6.07, 6.45) is 2.24. The first-order valence-corrected chi connectivity index (χ1v) is 8.20. The molecule has 0 spiro atoms. The minimum Gasteiger partial charge on any atom is -0.365 e. The van der Waals surface area contributed by atoms with Crippen molar-refractivity contribution in [3.05, 3.63) is 54.6 Å². The van der Waals surface area contributed by atoms with Crippen LogP contribution in [-0.2, 0) is 0 Å². The molecule has 4 nitrogen and oxygen atoms in total. The third-order valence-corrected chi connectivity index (χ3v) is 4.41. The molecule has 1 aliphatic rings. The number of hydrogen-bond donors (Lipinski definition) is 2. The Morgan fingerprint density at radius 3 is 2.30 bits per heavy atom. The fourth-order valence-corrected chi connectivity index (χ4v) is 3.18. The largest absolute Gasteiger partial charge is 0.365 e. The van der Waals surface area contributed by atoms with Crippen molar-refractivity contribution >= 4 is 16.6 Å². The van der Waals surface area contributed by atoms with Crippen molar-refractivity contribution in [2.75, 3.05) is 18.4 Å². The number of rotatable bonds is 3. The quantitative estimate of drug-likeness (QED) is 0.778. The van der Waals surface area contributed by atoms with Crippen LogP contribution in [0.25, 0.3) is 22.0 Å². The van der Waals surface area contributed by atoms with E-state index in [-0.39, 0.29) is 0 Å². The van der Waals surface area contributed by atoms with Gasteiger partial charge in [-0.3, -0.25) is 0 Å². The molecule has 2 aromatic carbocycles. The van der Waals surface area contributed by atoms with Crippen LogP contribution in [0.2, 0.25) is 0 Å². The molecule has 0 amide bonds. The molecule has 116 valence electrons. The number of piperidine rings is 1. The highest BCUT2D eigenvalue weighted by molar-refractivity contribution is 6.00. The third-order valence-electron chi connectivity index (χ3n) is 4.41. The summed E-state index contributed by atoms with van der Waals surface area (Å²) in [6.45, 7) is 2.12. The summed E-state index contributed by atoms with van der Waals surface area (Å²) in [4.78, 5) is 0. The highest BCUT2D eigenvalue weighted by Gasteiger charge is 2.16. The zero-order valence-corrected chi connectivity index (χ0v) is 13.0. The Labute approximate surface area is 135 Å². The van der Waals surface area contributed by atoms with Crippen molar-refractivity contribution in [1.82, 2.24) is 15.5 Å². The maximum Gasteiger partial charge on any atom is 0.156 e. The van der Waals surface area contributed by atoms with E-state index >= 15 is 0 Å². The van der Waals surface area contributed by atoms with Crippen molar-refractivity contribution in [2.45, 2.75) is 18.9 Å². The minimum absolute atomic E-state index is 0.469. The number of benzene rings is 2. The van der Waals surface area contributed by atoms with E-state index in [4.69, 9.17) is 0 Å². The van der Waals surface area contributed by atoms with Gasteiger partial charge in [0.15, 0.2) is 5.82 Å². The van der Waals surface area contributed by atoms with Crippen LogP contribution < -0.4 is 10.6 Å². The van der Waals surface area contributed by atoms with E-state index in [2.05, 4.69) is 57.2 Å². The number of anilines is 1. The SMILES string of the molecule is c1ccc(-c2nnc(NC3CCNCC3)c3ccccc23)cc1. The molecule has 0 saturated carbocycles. The second kappa shape index (κ2) is 6.34. The first-order chi connectivity index (χ1) is 11.4. The monoisotopic (exact) mass is 304 g/mol. The molecule has 2 heterocycles. The molecule has 4 rings (SSSR count). The molecule has 23 heavy (non-hydrogen) atoms. The topological polar surface area (TPSA) is 49.8 Å². The Bertz CT molecular complexity index is 795. The maximum atomic E-state index is 4.51. The molecule has 2 N–H and O–H groups in total. The summed E-state index contributed by atoms with van der Waals surface area (Å²) in [5.41, 5.74) is 2.04. The lowest BCUT2D eigenvalue weighted by Crippen LogP contribution is -2.35. The lowest BCUT2D eigenvalue weighted by molar-refractivity contribution is 0.478. The molecule has 4 heteroatoms. The van der Waals surface area contributed by atoms with Gasteiger partial charge in [-0.1, -0.05) is 54.6 Å². The van der Waals surface area contributed by atoms with E-state index in [1.54, 1.807) is 0 Å². The summed E-state index contributed by atoms with van der Waals surface area (Å²) in [7, 11) is 0. The fraction of sp³-hybridized carbons (Fsp3) is 0.263. The van der Waals surface area contributed by atoms with Crippen LogP contribution in [0.4, 0.5) is 5.82 Å². The Hall–Kier alpha value is -2.46. The van der Waals surface area contributed by atoms with Crippen molar-refractivity contribution in [1.29, 1.82) is 0 Å². The van der Waals surface area contributed by atoms with Gasteiger partial charge in [-0.2, -0.15) is 0 Å². The summed E-state index contributed by atoms with van der Waals surface area (Å²) >= 11 is 0. The van der Waals surface area contributed by atoms with Gasteiger partial charge in [0.05, 0.1) is 0 Å². The number of hydrogen-bond acceptors (Lipinski definition) is 4. The third kappa shape index (κ3) is 2.90. The van der Waals surface area contributed by atoms with E-state index in [1.165, 1.54) is 0 Å². The van der Waals surface area contributed by atoms with Crippen LogP contribution >= 0.6 is 0 Å². The summed E-state index contributed by atoms with van der Waals surface area (Å²) < 4.78 is 0. The van der Waals surface area contributed by atoms with Gasteiger partial charge in [-0.25, -0.2) is 0 Å². The molecule has 0 atom stereocenters. The Morgan fingerprint density at radius 2 is 1.52 bits per heavy atom. The van der Waals surface area contributed by atoms with Crippen molar-refractivity contribution in [3.8, 4) is 11.3 Å². The minimum atomic E-state index is 0.469. The second-order valence-corrected chi connectivity index (χ2v) is 5.98. The molecule has 0 aliphatic carbocycles. The van der Waals surface area contributed by atoms with Crippen LogP contribution in [0.1, 0.15) is 12.8 Å². The van der Waals surface area contributed by atoms with Crippen LogP contribution in [0, 0.1) is 0 Å². The first kappa shape index (κ1) is 14.2. The summed E-state index contributed by atoms with van der Waals surface area (Å²) in [5.74, 6) is 0.896. The molecular weight excluding hydrogens is 284 g/mol. The normalized spacial score (nSPS) is 15.7.